The van der Waals surface area contributed by atoms with E-state index in [4.69, 9.17) is 21.1 Å². The van der Waals surface area contributed by atoms with Gasteiger partial charge in [-0.15, -0.1) is 11.6 Å². The van der Waals surface area contributed by atoms with Crippen LogP contribution < -0.4 is 4.74 Å². The van der Waals surface area contributed by atoms with Gasteiger partial charge >= 0.3 is 0 Å². The molecule has 1 fully saturated rings. The molecule has 114 valence electrons. The molecule has 1 aromatic heterocycles. The average molecular weight is 313 g/mol. The van der Waals surface area contributed by atoms with Gasteiger partial charge < -0.3 is 14.0 Å². The number of imidazole rings is 1. The van der Waals surface area contributed by atoms with E-state index in [0.717, 1.165) is 37.4 Å². The molecule has 0 bridgehead atoms. The van der Waals surface area contributed by atoms with Gasteiger partial charge in [-0.25, -0.2) is 9.37 Å². The second kappa shape index (κ2) is 5.81. The fourth-order valence-corrected chi connectivity index (χ4v) is 3.03. The molecule has 4 nitrogen and oxygen atoms in total. The number of nitrogens with zero attached hydrogens (tertiary/aromatic N) is 2. The predicted octanol–water partition coefficient (Wildman–Crippen LogP) is 3.84. The Morgan fingerprint density at radius 3 is 2.76 bits per heavy atom. The molecule has 2 aromatic rings. The summed E-state index contributed by atoms with van der Waals surface area (Å²) in [6, 6.07) is 3.39. The van der Waals surface area contributed by atoms with Crippen molar-refractivity contribution in [1.29, 1.82) is 0 Å². The van der Waals surface area contributed by atoms with E-state index in [1.54, 1.807) is 6.07 Å². The van der Waals surface area contributed by atoms with E-state index in [9.17, 15) is 4.39 Å². The molecule has 0 amide bonds. The van der Waals surface area contributed by atoms with Gasteiger partial charge in [0.25, 0.3) is 0 Å². The van der Waals surface area contributed by atoms with Crippen molar-refractivity contribution in [2.24, 2.45) is 0 Å². The highest BCUT2D eigenvalue weighted by Gasteiger charge is 2.24. The molecule has 1 aliphatic rings. The van der Waals surface area contributed by atoms with Gasteiger partial charge in [-0.1, -0.05) is 0 Å². The minimum Gasteiger partial charge on any atom is -0.494 e. The first-order valence-corrected chi connectivity index (χ1v) is 7.52. The Morgan fingerprint density at radius 2 is 2.14 bits per heavy atom. The van der Waals surface area contributed by atoms with Crippen LogP contribution in [0.25, 0.3) is 11.0 Å². The number of hydrogen-bond donors (Lipinski definition) is 0. The molecular weight excluding hydrogens is 295 g/mol. The average Bonchev–Trinajstić information content (AvgIpc) is 2.85. The van der Waals surface area contributed by atoms with Crippen LogP contribution in [0.1, 0.15) is 37.0 Å². The molecule has 0 saturated carbocycles. The summed E-state index contributed by atoms with van der Waals surface area (Å²) in [6.07, 6.45) is 1.81. The number of benzene rings is 1. The van der Waals surface area contributed by atoms with E-state index in [1.807, 2.05) is 6.92 Å². The van der Waals surface area contributed by atoms with E-state index < -0.39 is 5.82 Å². The lowest BCUT2D eigenvalue weighted by Crippen LogP contribution is -2.21. The van der Waals surface area contributed by atoms with Gasteiger partial charge in [-0.2, -0.15) is 0 Å². The molecule has 0 spiro atoms. The molecule has 2 heterocycles. The largest absolute Gasteiger partial charge is 0.494 e. The molecule has 0 N–H and O–H groups in total. The van der Waals surface area contributed by atoms with Crippen LogP contribution in [0.5, 0.6) is 5.75 Å². The lowest BCUT2D eigenvalue weighted by atomic mass is 10.1. The number of ether oxygens (including phenoxy) is 2. The molecule has 21 heavy (non-hydrogen) atoms. The number of halogens is 2. The van der Waals surface area contributed by atoms with E-state index >= 15 is 0 Å². The smallest absolute Gasteiger partial charge is 0.167 e. The standard InChI is InChI=1S/C15H18ClFN2O2/c1-9(16)15-18-12-7-11(17)14(20-2)8-13(12)19(15)10-3-5-21-6-4-10/h7-10H,3-6H2,1-2H3. The maximum atomic E-state index is 13.9. The summed E-state index contributed by atoms with van der Waals surface area (Å²) in [7, 11) is 1.46. The summed E-state index contributed by atoms with van der Waals surface area (Å²) in [5.74, 6) is 0.589. The normalized spacial score (nSPS) is 18.1. The Kier molecular flexibility index (Phi) is 4.04. The topological polar surface area (TPSA) is 36.3 Å². The Labute approximate surface area is 127 Å². The van der Waals surface area contributed by atoms with Crippen LogP contribution in [0.3, 0.4) is 0 Å². The number of aromatic nitrogens is 2. The summed E-state index contributed by atoms with van der Waals surface area (Å²) in [5.41, 5.74) is 1.48. The zero-order valence-corrected chi connectivity index (χ0v) is 12.9. The Balaban J connectivity index is 2.19. The van der Waals surface area contributed by atoms with Gasteiger partial charge in [0.15, 0.2) is 11.6 Å². The Hall–Kier alpha value is -1.33. The third-order valence-electron chi connectivity index (χ3n) is 3.90. The first kappa shape index (κ1) is 14.6. The van der Waals surface area contributed by atoms with Crippen LogP contribution in [0.4, 0.5) is 4.39 Å². The molecule has 6 heteroatoms. The first-order chi connectivity index (χ1) is 10.1. The van der Waals surface area contributed by atoms with Crippen molar-refractivity contribution in [3.63, 3.8) is 0 Å². The van der Waals surface area contributed by atoms with Crippen LogP contribution in [0.15, 0.2) is 12.1 Å². The van der Waals surface area contributed by atoms with E-state index in [1.165, 1.54) is 13.2 Å². The highest BCUT2D eigenvalue weighted by atomic mass is 35.5. The fraction of sp³-hybridized carbons (Fsp3) is 0.533. The van der Waals surface area contributed by atoms with Gasteiger partial charge in [0.2, 0.25) is 0 Å². The highest BCUT2D eigenvalue weighted by Crippen LogP contribution is 2.34. The van der Waals surface area contributed by atoms with Crippen LogP contribution in [0, 0.1) is 5.82 Å². The molecule has 1 unspecified atom stereocenters. The lowest BCUT2D eigenvalue weighted by molar-refractivity contribution is 0.0698. The highest BCUT2D eigenvalue weighted by molar-refractivity contribution is 6.20. The van der Waals surface area contributed by atoms with Crippen LogP contribution in [-0.4, -0.2) is 29.9 Å². The SMILES string of the molecule is COc1cc2c(cc1F)nc(C(C)Cl)n2C1CCOCC1. The van der Waals surface area contributed by atoms with Crippen molar-refractivity contribution in [2.75, 3.05) is 20.3 Å². The molecule has 0 aliphatic carbocycles. The van der Waals surface area contributed by atoms with Crippen molar-refractivity contribution in [3.8, 4) is 5.75 Å². The van der Waals surface area contributed by atoms with E-state index in [0.29, 0.717) is 5.52 Å². The van der Waals surface area contributed by atoms with Crippen LogP contribution in [-0.2, 0) is 4.74 Å². The van der Waals surface area contributed by atoms with Crippen molar-refractivity contribution >= 4 is 22.6 Å². The van der Waals surface area contributed by atoms with Gasteiger partial charge in [-0.05, 0) is 19.8 Å². The molecule has 1 aromatic carbocycles. The summed E-state index contributed by atoms with van der Waals surface area (Å²) in [6.45, 7) is 3.32. The number of hydrogen-bond acceptors (Lipinski definition) is 3. The summed E-state index contributed by atoms with van der Waals surface area (Å²) in [4.78, 5) is 4.52. The van der Waals surface area contributed by atoms with Crippen molar-refractivity contribution in [2.45, 2.75) is 31.2 Å². The molecule has 1 saturated heterocycles. The number of methoxy groups -OCH3 is 1. The molecule has 1 aliphatic heterocycles. The van der Waals surface area contributed by atoms with Crippen LogP contribution in [0.2, 0.25) is 0 Å². The summed E-state index contributed by atoms with van der Waals surface area (Å²) < 4.78 is 26.5. The number of alkyl halides is 1. The molecule has 3 rings (SSSR count). The van der Waals surface area contributed by atoms with Crippen molar-refractivity contribution in [1.82, 2.24) is 9.55 Å². The van der Waals surface area contributed by atoms with Gasteiger partial charge in [-0.3, -0.25) is 0 Å². The van der Waals surface area contributed by atoms with Crippen molar-refractivity contribution in [3.05, 3.63) is 23.8 Å². The Bertz CT molecular complexity index is 651. The minimum absolute atomic E-state index is 0.226. The quantitative estimate of drug-likeness (QED) is 0.808. The second-order valence-electron chi connectivity index (χ2n) is 5.28. The maximum absolute atomic E-state index is 13.9. The Morgan fingerprint density at radius 1 is 1.43 bits per heavy atom. The third-order valence-corrected chi connectivity index (χ3v) is 4.10. The number of fused-ring (bicyclic) bond motifs is 1. The van der Waals surface area contributed by atoms with E-state index in [2.05, 4.69) is 9.55 Å². The lowest BCUT2D eigenvalue weighted by Gasteiger charge is -2.26. The zero-order chi connectivity index (χ0) is 15.0. The fourth-order valence-electron chi connectivity index (χ4n) is 2.88. The van der Waals surface area contributed by atoms with Crippen LogP contribution >= 0.6 is 11.6 Å². The van der Waals surface area contributed by atoms with Gasteiger partial charge in [0.05, 0.1) is 23.5 Å². The molecule has 0 radical (unpaired) electrons. The zero-order valence-electron chi connectivity index (χ0n) is 12.1. The molecular formula is C15H18ClFN2O2. The van der Waals surface area contributed by atoms with E-state index in [-0.39, 0.29) is 17.2 Å². The first-order valence-electron chi connectivity index (χ1n) is 7.09. The van der Waals surface area contributed by atoms with Gasteiger partial charge in [0, 0.05) is 31.4 Å². The summed E-state index contributed by atoms with van der Waals surface area (Å²) >= 11 is 6.27. The monoisotopic (exact) mass is 312 g/mol. The van der Waals surface area contributed by atoms with Crippen molar-refractivity contribution < 1.29 is 13.9 Å². The minimum atomic E-state index is -0.407. The third kappa shape index (κ3) is 2.60. The molecule has 1 atom stereocenters. The maximum Gasteiger partial charge on any atom is 0.167 e. The number of rotatable bonds is 3. The second-order valence-corrected chi connectivity index (χ2v) is 5.93. The predicted molar refractivity (Wildman–Crippen MR) is 79.6 cm³/mol. The van der Waals surface area contributed by atoms with Gasteiger partial charge in [0.1, 0.15) is 5.82 Å². The summed E-state index contributed by atoms with van der Waals surface area (Å²) in [5, 5.41) is -0.241.